The quantitative estimate of drug-likeness (QED) is 0.647. The van der Waals surface area contributed by atoms with E-state index < -0.39 is 9.04 Å². The molecule has 0 aromatic heterocycles. The van der Waals surface area contributed by atoms with Gasteiger partial charge in [0, 0.05) is 0 Å². The summed E-state index contributed by atoms with van der Waals surface area (Å²) in [6, 6.07) is 0. The molecular formula is C18H36OSi. The van der Waals surface area contributed by atoms with Crippen molar-refractivity contribution in [3.63, 3.8) is 0 Å². The Kier molecular flexibility index (Phi) is 8.27. The Bertz CT molecular complexity index is 200. The molecule has 0 aliphatic heterocycles. The molecule has 2 heteroatoms. The first-order chi connectivity index (χ1) is 9.88. The van der Waals surface area contributed by atoms with E-state index in [0.29, 0.717) is 0 Å². The van der Waals surface area contributed by atoms with Crippen LogP contribution in [0, 0.1) is 0 Å². The summed E-state index contributed by atoms with van der Waals surface area (Å²) >= 11 is 0. The maximum absolute atomic E-state index is 11.1. The second-order valence-electron chi connectivity index (χ2n) is 7.41. The van der Waals surface area contributed by atoms with Crippen molar-refractivity contribution in [1.29, 1.82) is 0 Å². The Hall–Kier alpha value is 0.177. The molecule has 2 fully saturated rings. The van der Waals surface area contributed by atoms with Crippen LogP contribution in [0.1, 0.15) is 103 Å². The van der Waals surface area contributed by atoms with E-state index >= 15 is 0 Å². The zero-order valence-electron chi connectivity index (χ0n) is 13.5. The first kappa shape index (κ1) is 16.5. The van der Waals surface area contributed by atoms with Crippen molar-refractivity contribution >= 4 is 9.04 Å². The molecule has 2 aliphatic rings. The number of hydrogen-bond acceptors (Lipinski definition) is 1. The zero-order chi connectivity index (χ0) is 14.0. The molecule has 0 spiro atoms. The summed E-state index contributed by atoms with van der Waals surface area (Å²) in [6.07, 6.45) is 22.4. The van der Waals surface area contributed by atoms with Gasteiger partial charge in [0.1, 0.15) is 0 Å². The highest BCUT2D eigenvalue weighted by Crippen LogP contribution is 2.37. The molecule has 0 radical (unpaired) electrons. The Morgan fingerprint density at radius 3 is 1.00 bits per heavy atom. The minimum Gasteiger partial charge on any atom is -0.434 e. The van der Waals surface area contributed by atoms with Gasteiger partial charge < -0.3 is 4.80 Å². The van der Waals surface area contributed by atoms with E-state index in [4.69, 9.17) is 0 Å². The van der Waals surface area contributed by atoms with E-state index in [1.807, 2.05) is 0 Å². The monoisotopic (exact) mass is 296 g/mol. The van der Waals surface area contributed by atoms with Gasteiger partial charge in [-0.1, -0.05) is 103 Å². The predicted octanol–water partition coefficient (Wildman–Crippen LogP) is 5.71. The molecule has 0 amide bonds. The van der Waals surface area contributed by atoms with E-state index in [-0.39, 0.29) is 0 Å². The number of hydrogen-bond donors (Lipinski definition) is 1. The standard InChI is InChI=1S/C18H36OSi/c19-20(17-13-9-5-1-2-6-10-14-17)18-15-11-7-3-4-8-12-16-18/h17-20H,1-16H2. The van der Waals surface area contributed by atoms with Crippen LogP contribution in [-0.2, 0) is 0 Å². The lowest BCUT2D eigenvalue weighted by molar-refractivity contribution is 0.456. The molecule has 2 rings (SSSR count). The van der Waals surface area contributed by atoms with Gasteiger partial charge in [-0.15, -0.1) is 0 Å². The Labute approximate surface area is 128 Å². The van der Waals surface area contributed by atoms with Gasteiger partial charge >= 0.3 is 0 Å². The molecular weight excluding hydrogens is 260 g/mol. The second-order valence-corrected chi connectivity index (χ2v) is 10.3. The summed E-state index contributed by atoms with van der Waals surface area (Å²) in [7, 11) is -1.50. The summed E-state index contributed by atoms with van der Waals surface area (Å²) in [6.45, 7) is 0. The predicted molar refractivity (Wildman–Crippen MR) is 90.7 cm³/mol. The van der Waals surface area contributed by atoms with Crippen molar-refractivity contribution in [2.75, 3.05) is 0 Å². The Morgan fingerprint density at radius 2 is 0.700 bits per heavy atom. The SMILES string of the molecule is O[SiH](C1CCCCCCCC1)C1CCCCCCCC1. The van der Waals surface area contributed by atoms with Crippen molar-refractivity contribution in [2.45, 2.75) is 114 Å². The van der Waals surface area contributed by atoms with Crippen LogP contribution in [0.4, 0.5) is 0 Å². The van der Waals surface area contributed by atoms with Crippen LogP contribution in [0.25, 0.3) is 0 Å². The van der Waals surface area contributed by atoms with E-state index in [1.165, 1.54) is 103 Å². The molecule has 0 saturated heterocycles. The fraction of sp³-hybridized carbons (Fsp3) is 1.00. The van der Waals surface area contributed by atoms with Crippen LogP contribution >= 0.6 is 0 Å². The molecule has 0 unspecified atom stereocenters. The van der Waals surface area contributed by atoms with Gasteiger partial charge in [-0.25, -0.2) is 0 Å². The van der Waals surface area contributed by atoms with Gasteiger partial charge in [0.2, 0.25) is 0 Å². The molecule has 1 N–H and O–H groups in total. The summed E-state index contributed by atoms with van der Waals surface area (Å²) in [5.41, 5.74) is 1.50. The average molecular weight is 297 g/mol. The van der Waals surface area contributed by atoms with Crippen LogP contribution in [-0.4, -0.2) is 13.8 Å². The topological polar surface area (TPSA) is 20.2 Å². The van der Waals surface area contributed by atoms with E-state index in [2.05, 4.69) is 0 Å². The minimum atomic E-state index is -1.50. The van der Waals surface area contributed by atoms with E-state index in [1.54, 1.807) is 0 Å². The maximum Gasteiger partial charge on any atom is 0.178 e. The van der Waals surface area contributed by atoms with Crippen molar-refractivity contribution < 1.29 is 4.80 Å². The van der Waals surface area contributed by atoms with Gasteiger partial charge in [0.05, 0.1) is 0 Å². The zero-order valence-corrected chi connectivity index (χ0v) is 14.6. The minimum absolute atomic E-state index is 0.749. The Morgan fingerprint density at radius 1 is 0.450 bits per heavy atom. The maximum atomic E-state index is 11.1. The lowest BCUT2D eigenvalue weighted by Crippen LogP contribution is -2.27. The highest BCUT2D eigenvalue weighted by Gasteiger charge is 2.29. The molecule has 0 aromatic rings. The van der Waals surface area contributed by atoms with Crippen LogP contribution in [0.2, 0.25) is 11.1 Å². The molecule has 0 aromatic carbocycles. The van der Waals surface area contributed by atoms with E-state index in [0.717, 1.165) is 11.1 Å². The third-order valence-corrected chi connectivity index (χ3v) is 9.03. The van der Waals surface area contributed by atoms with Crippen LogP contribution in [0.5, 0.6) is 0 Å². The highest BCUT2D eigenvalue weighted by molar-refractivity contribution is 6.54. The molecule has 0 heterocycles. The molecule has 1 nitrogen and oxygen atoms in total. The average Bonchev–Trinajstić information content (AvgIpc) is 2.69. The van der Waals surface area contributed by atoms with Gasteiger partial charge in [0.15, 0.2) is 9.04 Å². The molecule has 2 aliphatic carbocycles. The van der Waals surface area contributed by atoms with Crippen LogP contribution < -0.4 is 0 Å². The summed E-state index contributed by atoms with van der Waals surface area (Å²) in [4.78, 5) is 11.1. The largest absolute Gasteiger partial charge is 0.434 e. The van der Waals surface area contributed by atoms with Crippen molar-refractivity contribution in [2.24, 2.45) is 0 Å². The molecule has 0 bridgehead atoms. The molecule has 118 valence electrons. The first-order valence-electron chi connectivity index (χ1n) is 9.56. The molecule has 0 atom stereocenters. The van der Waals surface area contributed by atoms with E-state index in [9.17, 15) is 4.80 Å². The van der Waals surface area contributed by atoms with Crippen molar-refractivity contribution in [3.05, 3.63) is 0 Å². The molecule has 20 heavy (non-hydrogen) atoms. The van der Waals surface area contributed by atoms with Crippen molar-refractivity contribution in [1.82, 2.24) is 0 Å². The lowest BCUT2D eigenvalue weighted by atomic mass is 10.1. The third kappa shape index (κ3) is 5.89. The summed E-state index contributed by atoms with van der Waals surface area (Å²) < 4.78 is 0. The third-order valence-electron chi connectivity index (χ3n) is 5.77. The van der Waals surface area contributed by atoms with Crippen molar-refractivity contribution in [3.8, 4) is 0 Å². The van der Waals surface area contributed by atoms with Gasteiger partial charge in [-0.2, -0.15) is 0 Å². The van der Waals surface area contributed by atoms with Crippen LogP contribution in [0.3, 0.4) is 0 Å². The molecule has 2 saturated carbocycles. The van der Waals surface area contributed by atoms with Gasteiger partial charge in [0.25, 0.3) is 0 Å². The normalized spacial score (nSPS) is 26.1. The number of rotatable bonds is 2. The smallest absolute Gasteiger partial charge is 0.178 e. The first-order valence-corrected chi connectivity index (χ1v) is 11.4. The lowest BCUT2D eigenvalue weighted by Gasteiger charge is -2.28. The van der Waals surface area contributed by atoms with Gasteiger partial charge in [-0.3, -0.25) is 0 Å². The second kappa shape index (κ2) is 10.00. The van der Waals surface area contributed by atoms with Crippen LogP contribution in [0.15, 0.2) is 0 Å². The summed E-state index contributed by atoms with van der Waals surface area (Å²) in [5.74, 6) is 0. The Balaban J connectivity index is 1.85. The fourth-order valence-corrected chi connectivity index (χ4v) is 7.48. The van der Waals surface area contributed by atoms with Gasteiger partial charge in [-0.05, 0) is 11.1 Å². The highest BCUT2D eigenvalue weighted by atomic mass is 28.3. The summed E-state index contributed by atoms with van der Waals surface area (Å²) in [5, 5.41) is 0. The fourth-order valence-electron chi connectivity index (χ4n) is 4.40.